The van der Waals surface area contributed by atoms with Gasteiger partial charge in [-0.1, -0.05) is 42.5 Å². The number of hydrogen-bond donors (Lipinski definition) is 0. The van der Waals surface area contributed by atoms with Crippen LogP contribution in [0.4, 0.5) is 0 Å². The summed E-state index contributed by atoms with van der Waals surface area (Å²) >= 11 is 0. The van der Waals surface area contributed by atoms with Gasteiger partial charge < -0.3 is 9.47 Å². The van der Waals surface area contributed by atoms with Crippen molar-refractivity contribution in [2.24, 2.45) is 7.05 Å². The Morgan fingerprint density at radius 3 is 2.80 bits per heavy atom. The number of likely N-dealkylation sites (tertiary alicyclic amines) is 1. The second-order valence-electron chi connectivity index (χ2n) is 7.39. The molecule has 1 amide bonds. The normalized spacial score (nSPS) is 22.0. The third kappa shape index (κ3) is 2.15. The number of fused-ring (bicyclic) bond motifs is 4. The molecule has 0 N–H and O–H groups in total. The Hall–Kier alpha value is -2.55. The number of aryl methyl sites for hydroxylation is 1. The first-order valence-electron chi connectivity index (χ1n) is 9.17. The second-order valence-corrected chi connectivity index (χ2v) is 7.39. The van der Waals surface area contributed by atoms with Gasteiger partial charge in [0, 0.05) is 42.7 Å². The molecule has 0 bridgehead atoms. The van der Waals surface area contributed by atoms with Crippen LogP contribution in [0, 0.1) is 0 Å². The first kappa shape index (κ1) is 14.8. The van der Waals surface area contributed by atoms with E-state index >= 15 is 0 Å². The average Bonchev–Trinajstić information content (AvgIpc) is 3.19. The van der Waals surface area contributed by atoms with Crippen LogP contribution in [0.25, 0.3) is 10.9 Å². The summed E-state index contributed by atoms with van der Waals surface area (Å²) in [5.41, 5.74) is 4.85. The van der Waals surface area contributed by atoms with E-state index in [4.69, 9.17) is 0 Å². The molecule has 0 saturated carbocycles. The molecule has 3 aromatic rings. The topological polar surface area (TPSA) is 25.2 Å². The molecule has 2 aliphatic rings. The van der Waals surface area contributed by atoms with E-state index in [-0.39, 0.29) is 5.91 Å². The Morgan fingerprint density at radius 1 is 1.08 bits per heavy atom. The Balaban J connectivity index is 1.54. The molecular weight excluding hydrogens is 308 g/mol. The highest BCUT2D eigenvalue weighted by molar-refractivity contribution is 6.07. The average molecular weight is 330 g/mol. The summed E-state index contributed by atoms with van der Waals surface area (Å²) in [7, 11) is 2.02. The van der Waals surface area contributed by atoms with Gasteiger partial charge in [-0.15, -0.1) is 0 Å². The monoisotopic (exact) mass is 330 g/mol. The minimum Gasteiger partial charge on any atom is -0.350 e. The molecule has 2 heterocycles. The van der Waals surface area contributed by atoms with E-state index in [1.165, 1.54) is 17.5 Å². The number of nitrogens with zero attached hydrogens (tertiary/aromatic N) is 2. The molecule has 0 radical (unpaired) electrons. The Morgan fingerprint density at radius 2 is 1.88 bits per heavy atom. The first-order valence-corrected chi connectivity index (χ1v) is 9.17. The zero-order valence-electron chi connectivity index (χ0n) is 14.5. The van der Waals surface area contributed by atoms with Gasteiger partial charge in [-0.05, 0) is 36.5 Å². The van der Waals surface area contributed by atoms with E-state index in [0.29, 0.717) is 12.0 Å². The van der Waals surface area contributed by atoms with Crippen LogP contribution in [0.2, 0.25) is 0 Å². The van der Waals surface area contributed by atoms with Crippen LogP contribution >= 0.6 is 0 Å². The molecule has 5 rings (SSSR count). The van der Waals surface area contributed by atoms with Crippen LogP contribution < -0.4 is 0 Å². The van der Waals surface area contributed by atoms with Crippen molar-refractivity contribution in [3.63, 3.8) is 0 Å². The summed E-state index contributed by atoms with van der Waals surface area (Å²) in [6.45, 7) is 0.872. The van der Waals surface area contributed by atoms with Gasteiger partial charge in [0.15, 0.2) is 0 Å². The number of aromatic nitrogens is 1. The Labute approximate surface area is 147 Å². The van der Waals surface area contributed by atoms with Crippen LogP contribution in [0.5, 0.6) is 0 Å². The van der Waals surface area contributed by atoms with Crippen molar-refractivity contribution in [1.82, 2.24) is 9.47 Å². The van der Waals surface area contributed by atoms with Crippen molar-refractivity contribution < 1.29 is 4.79 Å². The van der Waals surface area contributed by atoms with Crippen molar-refractivity contribution in [2.45, 2.75) is 31.2 Å². The maximum atomic E-state index is 13.4. The number of carbonyl (C=O) groups is 1. The molecule has 1 fully saturated rings. The highest BCUT2D eigenvalue weighted by Crippen LogP contribution is 2.42. The van der Waals surface area contributed by atoms with Gasteiger partial charge in [-0.25, -0.2) is 0 Å². The standard InChI is InChI=1S/C22H22N2O/c1-23-14-19(18-9-4-5-11-20(18)23)22(25)24-12-6-10-17-16-8-3-2-7-15(16)13-21(17)24/h2-5,7-9,11,14,17,21H,6,10,12-13H2,1H3/t17-,21+/m0/s1. The zero-order chi connectivity index (χ0) is 17.0. The summed E-state index contributed by atoms with van der Waals surface area (Å²) in [4.78, 5) is 15.6. The highest BCUT2D eigenvalue weighted by Gasteiger charge is 2.41. The summed E-state index contributed by atoms with van der Waals surface area (Å²) in [6, 6.07) is 17.2. The van der Waals surface area contributed by atoms with E-state index in [0.717, 1.165) is 35.9 Å². The number of hydrogen-bond acceptors (Lipinski definition) is 1. The summed E-state index contributed by atoms with van der Waals surface area (Å²) in [6.07, 6.45) is 5.28. The molecule has 1 aromatic heterocycles. The van der Waals surface area contributed by atoms with E-state index in [1.807, 2.05) is 25.4 Å². The van der Waals surface area contributed by atoms with Gasteiger partial charge in [0.1, 0.15) is 0 Å². The van der Waals surface area contributed by atoms with Crippen LogP contribution in [0.3, 0.4) is 0 Å². The van der Waals surface area contributed by atoms with Crippen LogP contribution in [0.1, 0.15) is 40.2 Å². The maximum Gasteiger partial charge on any atom is 0.256 e. The van der Waals surface area contributed by atoms with Crippen LogP contribution in [-0.4, -0.2) is 28.0 Å². The third-order valence-corrected chi connectivity index (χ3v) is 6.05. The predicted octanol–water partition coefficient (Wildman–Crippen LogP) is 4.12. The van der Waals surface area contributed by atoms with E-state index in [1.54, 1.807) is 0 Å². The molecule has 3 nitrogen and oxygen atoms in total. The molecule has 2 atom stereocenters. The SMILES string of the molecule is Cn1cc(C(=O)N2CCC[C@H]3c4ccccc4C[C@H]32)c2ccccc21. The fourth-order valence-electron chi connectivity index (χ4n) is 4.90. The van der Waals surface area contributed by atoms with E-state index < -0.39 is 0 Å². The second kappa shape index (κ2) is 5.48. The summed E-state index contributed by atoms with van der Waals surface area (Å²) < 4.78 is 2.06. The van der Waals surface area contributed by atoms with Gasteiger partial charge in [0.25, 0.3) is 5.91 Å². The van der Waals surface area contributed by atoms with Crippen molar-refractivity contribution in [3.8, 4) is 0 Å². The number of rotatable bonds is 1. The van der Waals surface area contributed by atoms with E-state index in [2.05, 4.69) is 45.9 Å². The van der Waals surface area contributed by atoms with Gasteiger partial charge in [-0.2, -0.15) is 0 Å². The summed E-state index contributed by atoms with van der Waals surface area (Å²) in [5.74, 6) is 0.697. The smallest absolute Gasteiger partial charge is 0.256 e. The molecule has 1 aliphatic heterocycles. The minimum atomic E-state index is 0.194. The number of carbonyl (C=O) groups excluding carboxylic acids is 1. The molecule has 126 valence electrons. The third-order valence-electron chi connectivity index (χ3n) is 6.05. The minimum absolute atomic E-state index is 0.194. The Kier molecular flexibility index (Phi) is 3.24. The number of piperidine rings is 1. The largest absolute Gasteiger partial charge is 0.350 e. The van der Waals surface area contributed by atoms with Gasteiger partial charge in [0.2, 0.25) is 0 Å². The van der Waals surface area contributed by atoms with E-state index in [9.17, 15) is 4.79 Å². The first-order chi connectivity index (χ1) is 12.2. The lowest BCUT2D eigenvalue weighted by molar-refractivity contribution is 0.0597. The Bertz CT molecular complexity index is 971. The zero-order valence-corrected chi connectivity index (χ0v) is 14.5. The van der Waals surface area contributed by atoms with Gasteiger partial charge in [-0.3, -0.25) is 4.79 Å². The molecule has 25 heavy (non-hydrogen) atoms. The quantitative estimate of drug-likeness (QED) is 0.659. The molecule has 1 aliphatic carbocycles. The van der Waals surface area contributed by atoms with Crippen LogP contribution in [-0.2, 0) is 13.5 Å². The van der Waals surface area contributed by atoms with Crippen molar-refractivity contribution >= 4 is 16.8 Å². The molecule has 2 aromatic carbocycles. The fraction of sp³-hybridized carbons (Fsp3) is 0.318. The molecule has 3 heteroatoms. The van der Waals surface area contributed by atoms with Crippen molar-refractivity contribution in [1.29, 1.82) is 0 Å². The lowest BCUT2D eigenvalue weighted by Crippen LogP contribution is -2.46. The fourth-order valence-corrected chi connectivity index (χ4v) is 4.90. The summed E-state index contributed by atoms with van der Waals surface area (Å²) in [5, 5.41) is 1.06. The number of amides is 1. The lowest BCUT2D eigenvalue weighted by Gasteiger charge is -2.38. The molecule has 0 unspecified atom stereocenters. The maximum absolute atomic E-state index is 13.4. The van der Waals surface area contributed by atoms with Crippen molar-refractivity contribution in [2.75, 3.05) is 6.54 Å². The predicted molar refractivity (Wildman–Crippen MR) is 99.9 cm³/mol. The molecular formula is C22H22N2O. The van der Waals surface area contributed by atoms with Gasteiger partial charge >= 0.3 is 0 Å². The molecule has 0 spiro atoms. The van der Waals surface area contributed by atoms with Crippen LogP contribution in [0.15, 0.2) is 54.7 Å². The lowest BCUT2D eigenvalue weighted by atomic mass is 9.88. The highest BCUT2D eigenvalue weighted by atomic mass is 16.2. The van der Waals surface area contributed by atoms with Gasteiger partial charge in [0.05, 0.1) is 5.56 Å². The van der Waals surface area contributed by atoms with Crippen molar-refractivity contribution in [3.05, 3.63) is 71.4 Å². The number of benzene rings is 2. The molecule has 1 saturated heterocycles. The number of para-hydroxylation sites is 1.